The molecule has 102 valence electrons. The zero-order valence-electron chi connectivity index (χ0n) is 10.9. The van der Waals surface area contributed by atoms with Gasteiger partial charge in [0, 0.05) is 26.4 Å². The number of nitrogens with one attached hydrogen (secondary N) is 2. The summed E-state index contributed by atoms with van der Waals surface area (Å²) < 4.78 is 6.81. The van der Waals surface area contributed by atoms with Crippen molar-refractivity contribution in [3.63, 3.8) is 0 Å². The zero-order chi connectivity index (χ0) is 13.7. The van der Waals surface area contributed by atoms with Crippen molar-refractivity contribution < 1.29 is 4.74 Å². The van der Waals surface area contributed by atoms with E-state index in [2.05, 4.69) is 25.8 Å². The van der Waals surface area contributed by atoms with Crippen molar-refractivity contribution >= 4 is 11.6 Å². The van der Waals surface area contributed by atoms with Crippen molar-refractivity contribution in [3.8, 4) is 0 Å². The smallest absolute Gasteiger partial charge is 0.158 e. The maximum absolute atomic E-state index is 5.38. The third kappa shape index (κ3) is 3.39. The Kier molecular flexibility index (Phi) is 4.26. The minimum atomic E-state index is 0.329. The van der Waals surface area contributed by atoms with Crippen LogP contribution in [0, 0.1) is 0 Å². The summed E-state index contributed by atoms with van der Waals surface area (Å²) in [5, 5.41) is 7.30. The minimum Gasteiger partial charge on any atom is -0.377 e. The van der Waals surface area contributed by atoms with Crippen LogP contribution in [0.15, 0.2) is 18.3 Å². The Morgan fingerprint density at radius 3 is 2.79 bits per heavy atom. The molecule has 0 aliphatic heterocycles. The third-order valence-corrected chi connectivity index (χ3v) is 2.57. The van der Waals surface area contributed by atoms with Crippen molar-refractivity contribution in [1.29, 1.82) is 0 Å². The topological polar surface area (TPSA) is 103 Å². The van der Waals surface area contributed by atoms with Gasteiger partial charge in [0.2, 0.25) is 0 Å². The lowest BCUT2D eigenvalue weighted by Gasteiger charge is -2.09. The number of anilines is 2. The fourth-order valence-electron chi connectivity index (χ4n) is 1.61. The first kappa shape index (κ1) is 13.2. The molecule has 4 N–H and O–H groups in total. The van der Waals surface area contributed by atoms with Crippen molar-refractivity contribution in [2.24, 2.45) is 12.9 Å². The Hall–Kier alpha value is -2.19. The lowest BCUT2D eigenvalue weighted by atomic mass is 10.4. The van der Waals surface area contributed by atoms with Gasteiger partial charge in [0.25, 0.3) is 0 Å². The van der Waals surface area contributed by atoms with Crippen LogP contribution in [0.1, 0.15) is 11.5 Å². The van der Waals surface area contributed by atoms with E-state index in [1.807, 2.05) is 13.1 Å². The Morgan fingerprint density at radius 2 is 2.16 bits per heavy atom. The number of ether oxygens (including phenoxy) is 1. The summed E-state index contributed by atoms with van der Waals surface area (Å²) in [6.45, 7) is 0.944. The van der Waals surface area contributed by atoms with Crippen molar-refractivity contribution in [1.82, 2.24) is 19.7 Å². The Balaban J connectivity index is 2.10. The summed E-state index contributed by atoms with van der Waals surface area (Å²) in [6, 6.07) is 3.67. The first-order valence-electron chi connectivity index (χ1n) is 5.77. The van der Waals surface area contributed by atoms with Crippen LogP contribution in [0.3, 0.4) is 0 Å². The highest BCUT2D eigenvalue weighted by Crippen LogP contribution is 2.12. The molecule has 0 atom stereocenters. The Bertz CT molecular complexity index is 540. The van der Waals surface area contributed by atoms with Crippen LogP contribution >= 0.6 is 0 Å². The molecule has 0 bridgehead atoms. The molecule has 19 heavy (non-hydrogen) atoms. The van der Waals surface area contributed by atoms with Crippen molar-refractivity contribution in [3.05, 3.63) is 29.8 Å². The first-order chi connectivity index (χ1) is 9.22. The van der Waals surface area contributed by atoms with Gasteiger partial charge >= 0.3 is 0 Å². The number of rotatable bonds is 6. The molecule has 0 aliphatic carbocycles. The van der Waals surface area contributed by atoms with Crippen molar-refractivity contribution in [2.75, 3.05) is 17.9 Å². The summed E-state index contributed by atoms with van der Waals surface area (Å²) in [5.74, 6) is 7.15. The third-order valence-electron chi connectivity index (χ3n) is 2.57. The average Bonchev–Trinajstić information content (AvgIpc) is 2.82. The number of nitrogens with zero attached hydrogens (tertiary/aromatic N) is 4. The van der Waals surface area contributed by atoms with E-state index in [1.165, 1.54) is 0 Å². The number of nitrogen functional groups attached to an aromatic ring is 1. The Morgan fingerprint density at radius 1 is 1.37 bits per heavy atom. The molecular formula is C11H17N7O. The monoisotopic (exact) mass is 263 g/mol. The maximum Gasteiger partial charge on any atom is 0.158 e. The molecule has 8 nitrogen and oxygen atoms in total. The largest absolute Gasteiger partial charge is 0.377 e. The standard InChI is InChI=1S/C11H17N7O/c1-18-8(3-4-14-18)6-13-9-5-10(17-12)16-11(15-9)7-19-2/h3-5H,6-7,12H2,1-2H3,(H2,13,15,16,17). The molecule has 0 radical (unpaired) electrons. The van der Waals surface area contributed by atoms with Gasteiger partial charge in [-0.15, -0.1) is 0 Å². The van der Waals surface area contributed by atoms with E-state index in [9.17, 15) is 0 Å². The first-order valence-corrected chi connectivity index (χ1v) is 5.77. The number of methoxy groups -OCH3 is 1. The highest BCUT2D eigenvalue weighted by molar-refractivity contribution is 5.46. The molecule has 0 aliphatic rings. The lowest BCUT2D eigenvalue weighted by molar-refractivity contribution is 0.178. The number of hydrogen-bond acceptors (Lipinski definition) is 7. The van der Waals surface area contributed by atoms with E-state index < -0.39 is 0 Å². The lowest BCUT2D eigenvalue weighted by Crippen LogP contribution is -2.13. The second-order valence-electron chi connectivity index (χ2n) is 3.93. The second-order valence-corrected chi connectivity index (χ2v) is 3.93. The van der Waals surface area contributed by atoms with Gasteiger partial charge < -0.3 is 15.5 Å². The van der Waals surface area contributed by atoms with Crippen LogP contribution in [0.4, 0.5) is 11.6 Å². The molecule has 0 spiro atoms. The van der Waals surface area contributed by atoms with E-state index in [-0.39, 0.29) is 0 Å². The fourth-order valence-corrected chi connectivity index (χ4v) is 1.61. The molecule has 0 saturated heterocycles. The molecule has 2 rings (SSSR count). The summed E-state index contributed by atoms with van der Waals surface area (Å²) >= 11 is 0. The van der Waals surface area contributed by atoms with Gasteiger partial charge in [-0.1, -0.05) is 0 Å². The summed E-state index contributed by atoms with van der Waals surface area (Å²) in [5.41, 5.74) is 3.56. The number of hydrazine groups is 1. The summed E-state index contributed by atoms with van der Waals surface area (Å²) in [4.78, 5) is 8.50. The van der Waals surface area contributed by atoms with Crippen LogP contribution < -0.4 is 16.6 Å². The van der Waals surface area contributed by atoms with Crippen LogP contribution in [0.25, 0.3) is 0 Å². The minimum absolute atomic E-state index is 0.329. The van der Waals surface area contributed by atoms with Gasteiger partial charge in [-0.3, -0.25) is 4.68 Å². The zero-order valence-corrected chi connectivity index (χ0v) is 10.9. The molecule has 0 unspecified atom stereocenters. The highest BCUT2D eigenvalue weighted by Gasteiger charge is 2.05. The molecule has 2 aromatic heterocycles. The van der Waals surface area contributed by atoms with Gasteiger partial charge in [-0.25, -0.2) is 15.8 Å². The Labute approximate surface area is 111 Å². The van der Waals surface area contributed by atoms with Gasteiger partial charge in [0.1, 0.15) is 18.2 Å². The van der Waals surface area contributed by atoms with Crippen LogP contribution in [-0.2, 0) is 24.9 Å². The van der Waals surface area contributed by atoms with E-state index in [4.69, 9.17) is 10.6 Å². The molecule has 0 saturated carbocycles. The van der Waals surface area contributed by atoms with E-state index in [0.29, 0.717) is 30.6 Å². The number of aromatic nitrogens is 4. The van der Waals surface area contributed by atoms with Crippen LogP contribution in [-0.4, -0.2) is 26.9 Å². The summed E-state index contributed by atoms with van der Waals surface area (Å²) in [7, 11) is 3.48. The normalized spacial score (nSPS) is 10.5. The SMILES string of the molecule is COCc1nc(NN)cc(NCc2ccnn2C)n1. The maximum atomic E-state index is 5.38. The van der Waals surface area contributed by atoms with Crippen LogP contribution in [0.5, 0.6) is 0 Å². The number of aryl methyl sites for hydroxylation is 1. The van der Waals surface area contributed by atoms with Gasteiger partial charge in [0.15, 0.2) is 5.82 Å². The van der Waals surface area contributed by atoms with Gasteiger partial charge in [-0.2, -0.15) is 5.10 Å². The fraction of sp³-hybridized carbons (Fsp3) is 0.364. The second kappa shape index (κ2) is 6.12. The molecule has 0 amide bonds. The summed E-state index contributed by atoms with van der Waals surface area (Å²) in [6.07, 6.45) is 1.75. The van der Waals surface area contributed by atoms with Gasteiger partial charge in [-0.05, 0) is 6.07 Å². The molecular weight excluding hydrogens is 246 g/mol. The predicted molar refractivity (Wildman–Crippen MR) is 71.1 cm³/mol. The molecule has 2 aromatic rings. The van der Waals surface area contributed by atoms with Gasteiger partial charge in [0.05, 0.1) is 12.2 Å². The highest BCUT2D eigenvalue weighted by atomic mass is 16.5. The molecule has 0 fully saturated rings. The number of hydrogen-bond donors (Lipinski definition) is 3. The molecule has 2 heterocycles. The number of nitrogens with two attached hydrogens (primary N) is 1. The quantitative estimate of drug-likeness (QED) is 0.507. The molecule has 0 aromatic carbocycles. The van der Waals surface area contributed by atoms with Crippen LogP contribution in [0.2, 0.25) is 0 Å². The van der Waals surface area contributed by atoms with E-state index >= 15 is 0 Å². The van der Waals surface area contributed by atoms with E-state index in [1.54, 1.807) is 24.1 Å². The predicted octanol–water partition coefficient (Wildman–Crippen LogP) is 0.254. The van der Waals surface area contributed by atoms with Crippen molar-refractivity contribution in [2.45, 2.75) is 13.2 Å². The average molecular weight is 263 g/mol. The molecule has 8 heteroatoms. The van der Waals surface area contributed by atoms with E-state index in [0.717, 1.165) is 5.69 Å².